The van der Waals surface area contributed by atoms with Crippen LogP contribution in [0, 0.1) is 6.92 Å². The Labute approximate surface area is 189 Å². The zero-order valence-corrected chi connectivity index (χ0v) is 19.3. The first-order chi connectivity index (χ1) is 15.4. The minimum absolute atomic E-state index is 0.116. The van der Waals surface area contributed by atoms with Crippen molar-refractivity contribution in [3.05, 3.63) is 59.5 Å². The standard InChI is InChI=1S/C23H26N2O6S/c1-15-18(25-23(31-15)16-9-10-20(29-3)21(11-16)30-4)13-32(27)14-22(26)24-12-17-7-5-6-8-19(17)28-2/h5-11H,12-14H2,1-4H3,(H,24,26)/t32-/m1/s1. The van der Waals surface area contributed by atoms with Crippen LogP contribution in [0.1, 0.15) is 17.0 Å². The Morgan fingerprint density at radius 2 is 1.75 bits per heavy atom. The van der Waals surface area contributed by atoms with E-state index < -0.39 is 10.8 Å². The lowest BCUT2D eigenvalue weighted by Gasteiger charge is -2.09. The van der Waals surface area contributed by atoms with Crippen molar-refractivity contribution in [2.45, 2.75) is 19.2 Å². The van der Waals surface area contributed by atoms with Gasteiger partial charge in [0, 0.05) is 28.5 Å². The smallest absolute Gasteiger partial charge is 0.232 e. The predicted molar refractivity (Wildman–Crippen MR) is 121 cm³/mol. The molecule has 2 aromatic carbocycles. The molecule has 1 atom stereocenters. The van der Waals surface area contributed by atoms with Gasteiger partial charge in [-0.15, -0.1) is 0 Å². The molecule has 0 aliphatic carbocycles. The van der Waals surface area contributed by atoms with E-state index in [2.05, 4.69) is 10.3 Å². The number of carbonyl (C=O) groups excluding carboxylic acids is 1. The van der Waals surface area contributed by atoms with Gasteiger partial charge in [0.25, 0.3) is 0 Å². The normalized spacial score (nSPS) is 11.6. The van der Waals surface area contributed by atoms with Crippen LogP contribution in [0.5, 0.6) is 17.2 Å². The van der Waals surface area contributed by atoms with Gasteiger partial charge >= 0.3 is 0 Å². The number of ether oxygens (including phenoxy) is 3. The Balaban J connectivity index is 1.61. The molecule has 9 heteroatoms. The lowest BCUT2D eigenvalue weighted by atomic mass is 10.2. The van der Waals surface area contributed by atoms with Crippen molar-refractivity contribution >= 4 is 16.7 Å². The number of methoxy groups -OCH3 is 3. The van der Waals surface area contributed by atoms with Gasteiger partial charge in [0.15, 0.2) is 11.5 Å². The van der Waals surface area contributed by atoms with Gasteiger partial charge in [-0.2, -0.15) is 0 Å². The summed E-state index contributed by atoms with van der Waals surface area (Å²) in [4.78, 5) is 16.7. The molecular weight excluding hydrogens is 432 g/mol. The molecule has 0 bridgehead atoms. The molecule has 0 saturated heterocycles. The number of carbonyl (C=O) groups is 1. The third-order valence-electron chi connectivity index (χ3n) is 4.78. The average Bonchev–Trinajstić information content (AvgIpc) is 3.17. The second-order valence-electron chi connectivity index (χ2n) is 6.91. The van der Waals surface area contributed by atoms with Crippen LogP contribution in [0.2, 0.25) is 0 Å². The molecule has 0 spiro atoms. The highest BCUT2D eigenvalue weighted by Gasteiger charge is 2.17. The highest BCUT2D eigenvalue weighted by molar-refractivity contribution is 7.84. The summed E-state index contributed by atoms with van der Waals surface area (Å²) in [5.74, 6) is 2.45. The van der Waals surface area contributed by atoms with Crippen molar-refractivity contribution in [1.82, 2.24) is 10.3 Å². The quantitative estimate of drug-likeness (QED) is 0.498. The predicted octanol–water partition coefficient (Wildman–Crippen LogP) is 3.24. The maximum atomic E-state index is 12.5. The molecule has 0 aliphatic rings. The van der Waals surface area contributed by atoms with E-state index in [-0.39, 0.29) is 17.4 Å². The maximum Gasteiger partial charge on any atom is 0.232 e. The van der Waals surface area contributed by atoms with Gasteiger partial charge in [0.2, 0.25) is 11.8 Å². The lowest BCUT2D eigenvalue weighted by molar-refractivity contribution is -0.118. The summed E-state index contributed by atoms with van der Waals surface area (Å²) >= 11 is 0. The van der Waals surface area contributed by atoms with Gasteiger partial charge < -0.3 is 23.9 Å². The van der Waals surface area contributed by atoms with E-state index in [4.69, 9.17) is 18.6 Å². The van der Waals surface area contributed by atoms with Crippen LogP contribution in [0.25, 0.3) is 11.5 Å². The van der Waals surface area contributed by atoms with E-state index in [1.165, 1.54) is 0 Å². The van der Waals surface area contributed by atoms with Crippen molar-refractivity contribution in [1.29, 1.82) is 0 Å². The molecule has 3 rings (SSSR count). The van der Waals surface area contributed by atoms with Crippen LogP contribution in [0.15, 0.2) is 46.9 Å². The number of nitrogens with one attached hydrogen (secondary N) is 1. The van der Waals surface area contributed by atoms with E-state index in [0.29, 0.717) is 46.7 Å². The number of benzene rings is 2. The summed E-state index contributed by atoms with van der Waals surface area (Å²) < 4.78 is 34.1. The van der Waals surface area contributed by atoms with E-state index >= 15 is 0 Å². The second kappa shape index (κ2) is 10.8. The molecule has 1 N–H and O–H groups in total. The third-order valence-corrected chi connectivity index (χ3v) is 5.96. The van der Waals surface area contributed by atoms with Crippen LogP contribution in [-0.2, 0) is 27.9 Å². The molecule has 1 heterocycles. The lowest BCUT2D eigenvalue weighted by Crippen LogP contribution is -2.28. The fraction of sp³-hybridized carbons (Fsp3) is 0.304. The summed E-state index contributed by atoms with van der Waals surface area (Å²) in [6.07, 6.45) is 0. The highest BCUT2D eigenvalue weighted by atomic mass is 32.2. The molecule has 0 aliphatic heterocycles. The van der Waals surface area contributed by atoms with Gasteiger partial charge in [0.05, 0.1) is 32.8 Å². The Bertz CT molecular complexity index is 1110. The zero-order valence-electron chi connectivity index (χ0n) is 18.5. The van der Waals surface area contributed by atoms with Gasteiger partial charge in [0.1, 0.15) is 17.3 Å². The third kappa shape index (κ3) is 5.67. The van der Waals surface area contributed by atoms with Gasteiger partial charge in [-0.25, -0.2) is 4.98 Å². The minimum atomic E-state index is -1.44. The molecule has 32 heavy (non-hydrogen) atoms. The number of para-hydroxylation sites is 1. The zero-order chi connectivity index (χ0) is 23.1. The molecule has 3 aromatic rings. The molecule has 0 radical (unpaired) electrons. The number of hydrogen-bond acceptors (Lipinski definition) is 7. The Hall–Kier alpha value is -3.33. The topological polar surface area (TPSA) is 99.9 Å². The van der Waals surface area contributed by atoms with Crippen molar-refractivity contribution in [2.75, 3.05) is 27.1 Å². The minimum Gasteiger partial charge on any atom is -0.496 e. The molecule has 0 fully saturated rings. The number of amides is 1. The van der Waals surface area contributed by atoms with Crippen LogP contribution in [0.4, 0.5) is 0 Å². The van der Waals surface area contributed by atoms with E-state index in [9.17, 15) is 9.00 Å². The molecule has 8 nitrogen and oxygen atoms in total. The number of rotatable bonds is 10. The maximum absolute atomic E-state index is 12.5. The summed E-state index contributed by atoms with van der Waals surface area (Å²) in [5, 5.41) is 2.78. The van der Waals surface area contributed by atoms with Crippen LogP contribution < -0.4 is 19.5 Å². The summed E-state index contributed by atoms with van der Waals surface area (Å²) in [7, 11) is 3.25. The van der Waals surface area contributed by atoms with E-state index in [1.54, 1.807) is 46.5 Å². The van der Waals surface area contributed by atoms with Crippen LogP contribution >= 0.6 is 0 Å². The monoisotopic (exact) mass is 458 g/mol. The van der Waals surface area contributed by atoms with Crippen LogP contribution in [-0.4, -0.2) is 42.2 Å². The average molecular weight is 459 g/mol. The Morgan fingerprint density at radius 3 is 2.47 bits per heavy atom. The summed E-state index contributed by atoms with van der Waals surface area (Å²) in [6, 6.07) is 12.7. The Morgan fingerprint density at radius 1 is 1.03 bits per heavy atom. The van der Waals surface area contributed by atoms with Crippen molar-refractivity contribution in [3.8, 4) is 28.7 Å². The fourth-order valence-corrected chi connectivity index (χ4v) is 4.17. The van der Waals surface area contributed by atoms with Crippen molar-refractivity contribution in [2.24, 2.45) is 0 Å². The molecule has 0 saturated carbocycles. The molecule has 1 aromatic heterocycles. The number of hydrogen-bond donors (Lipinski definition) is 1. The molecule has 0 unspecified atom stereocenters. The van der Waals surface area contributed by atoms with Crippen molar-refractivity contribution < 1.29 is 27.6 Å². The summed E-state index contributed by atoms with van der Waals surface area (Å²) in [6.45, 7) is 2.05. The number of oxazole rings is 1. The number of aryl methyl sites for hydroxylation is 1. The first kappa shape index (κ1) is 23.3. The Kier molecular flexibility index (Phi) is 7.88. The van der Waals surface area contributed by atoms with E-state index in [0.717, 1.165) is 5.56 Å². The van der Waals surface area contributed by atoms with Gasteiger partial charge in [-0.3, -0.25) is 9.00 Å². The molecule has 1 amide bonds. The van der Waals surface area contributed by atoms with Crippen molar-refractivity contribution in [3.63, 3.8) is 0 Å². The van der Waals surface area contributed by atoms with Gasteiger partial charge in [-0.1, -0.05) is 18.2 Å². The van der Waals surface area contributed by atoms with Crippen LogP contribution in [0.3, 0.4) is 0 Å². The SMILES string of the molecule is COc1ccccc1CNC(=O)C[S@](=O)Cc1nc(-c2ccc(OC)c(OC)c2)oc1C. The first-order valence-corrected chi connectivity index (χ1v) is 11.4. The largest absolute Gasteiger partial charge is 0.496 e. The first-order valence-electron chi connectivity index (χ1n) is 9.87. The number of nitrogens with zero attached hydrogens (tertiary/aromatic N) is 1. The number of aromatic nitrogens is 1. The van der Waals surface area contributed by atoms with E-state index in [1.807, 2.05) is 24.3 Å². The second-order valence-corrected chi connectivity index (χ2v) is 8.37. The van der Waals surface area contributed by atoms with Gasteiger partial charge in [-0.05, 0) is 31.2 Å². The highest BCUT2D eigenvalue weighted by Crippen LogP contribution is 2.32. The summed E-state index contributed by atoms with van der Waals surface area (Å²) in [5.41, 5.74) is 2.10. The molecular formula is C23H26N2O6S. The fourth-order valence-electron chi connectivity index (χ4n) is 3.10. The molecule has 170 valence electrons.